The van der Waals surface area contributed by atoms with E-state index in [1.54, 1.807) is 6.07 Å². The normalized spacial score (nSPS) is 38.9. The predicted octanol–water partition coefficient (Wildman–Crippen LogP) is 2.10. The van der Waals surface area contributed by atoms with Crippen LogP contribution in [0.15, 0.2) is 0 Å². The van der Waals surface area contributed by atoms with Gasteiger partial charge in [-0.2, -0.15) is 18.4 Å². The third-order valence-corrected chi connectivity index (χ3v) is 1.89. The average molecular weight is 149 g/mol. The van der Waals surface area contributed by atoms with Gasteiger partial charge in [0, 0.05) is 0 Å². The Morgan fingerprint density at radius 3 is 2.20 bits per heavy atom. The molecule has 56 valence electrons. The van der Waals surface area contributed by atoms with Gasteiger partial charge < -0.3 is 0 Å². The Balaban J connectivity index is 2.63. The van der Waals surface area contributed by atoms with Crippen LogP contribution in [0.4, 0.5) is 13.2 Å². The lowest BCUT2D eigenvalue weighted by molar-refractivity contribution is -0.153. The van der Waals surface area contributed by atoms with Crippen molar-refractivity contribution in [2.24, 2.45) is 11.3 Å². The molecule has 4 heteroatoms. The Morgan fingerprint density at radius 1 is 1.60 bits per heavy atom. The van der Waals surface area contributed by atoms with Crippen molar-refractivity contribution in [2.75, 3.05) is 0 Å². The van der Waals surface area contributed by atoms with E-state index in [2.05, 4.69) is 0 Å². The second-order valence-corrected chi connectivity index (χ2v) is 2.83. The predicted molar refractivity (Wildman–Crippen MR) is 27.9 cm³/mol. The summed E-state index contributed by atoms with van der Waals surface area (Å²) in [7, 11) is 0. The number of rotatable bonds is 0. The average Bonchev–Trinajstić information content (AvgIpc) is 2.43. The van der Waals surface area contributed by atoms with Crippen LogP contribution in [0.1, 0.15) is 13.3 Å². The number of nitrogens with zero attached hydrogens (tertiary/aromatic N) is 1. The zero-order valence-electron chi connectivity index (χ0n) is 5.37. The first-order valence-corrected chi connectivity index (χ1v) is 2.88. The molecule has 1 aliphatic carbocycles. The summed E-state index contributed by atoms with van der Waals surface area (Å²) in [4.78, 5) is 0. The molecule has 1 saturated carbocycles. The van der Waals surface area contributed by atoms with Crippen LogP contribution in [0, 0.1) is 22.7 Å². The van der Waals surface area contributed by atoms with Crippen molar-refractivity contribution in [3.05, 3.63) is 0 Å². The minimum absolute atomic E-state index is 0.0347. The highest BCUT2D eigenvalue weighted by Crippen LogP contribution is 2.59. The molecule has 10 heavy (non-hydrogen) atoms. The third-order valence-electron chi connectivity index (χ3n) is 1.89. The second-order valence-electron chi connectivity index (χ2n) is 2.83. The van der Waals surface area contributed by atoms with E-state index in [4.69, 9.17) is 5.26 Å². The SMILES string of the molecule is C[C@]1(C#N)C[C@H]1C(F)(F)F. The molecule has 0 aromatic rings. The number of alkyl halides is 3. The lowest BCUT2D eigenvalue weighted by Gasteiger charge is -2.04. The Hall–Kier alpha value is -0.720. The molecule has 0 aromatic carbocycles. The van der Waals surface area contributed by atoms with Crippen molar-refractivity contribution >= 4 is 0 Å². The van der Waals surface area contributed by atoms with Crippen LogP contribution in [-0.4, -0.2) is 6.18 Å². The van der Waals surface area contributed by atoms with Crippen LogP contribution in [0.5, 0.6) is 0 Å². The fraction of sp³-hybridized carbons (Fsp3) is 0.833. The van der Waals surface area contributed by atoms with Gasteiger partial charge in [0.25, 0.3) is 0 Å². The standard InChI is InChI=1S/C6H6F3N/c1-5(3-10)2-4(5)6(7,8)9/h4H,2H2,1H3/t4-,5-/m1/s1. The Labute approximate surface area is 56.4 Å². The van der Waals surface area contributed by atoms with Gasteiger partial charge in [-0.25, -0.2) is 0 Å². The van der Waals surface area contributed by atoms with Gasteiger partial charge in [-0.1, -0.05) is 0 Å². The largest absolute Gasteiger partial charge is 0.393 e. The number of nitriles is 1. The fourth-order valence-corrected chi connectivity index (χ4v) is 0.966. The Bertz CT molecular complexity index is 190. The van der Waals surface area contributed by atoms with Gasteiger partial charge in [-0.15, -0.1) is 0 Å². The molecule has 0 N–H and O–H groups in total. The van der Waals surface area contributed by atoms with E-state index < -0.39 is 17.5 Å². The summed E-state index contributed by atoms with van der Waals surface area (Å²) in [5.41, 5.74) is -1.13. The lowest BCUT2D eigenvalue weighted by Crippen LogP contribution is -2.14. The minimum atomic E-state index is -4.18. The molecule has 1 nitrogen and oxygen atoms in total. The van der Waals surface area contributed by atoms with Crippen molar-refractivity contribution in [2.45, 2.75) is 19.5 Å². The quantitative estimate of drug-likeness (QED) is 0.517. The number of hydrogen-bond acceptors (Lipinski definition) is 1. The molecular formula is C6H6F3N. The van der Waals surface area contributed by atoms with E-state index in [0.717, 1.165) is 0 Å². The summed E-state index contributed by atoms with van der Waals surface area (Å²) in [6.45, 7) is 1.34. The molecule has 0 bridgehead atoms. The third kappa shape index (κ3) is 0.962. The van der Waals surface area contributed by atoms with E-state index in [9.17, 15) is 13.2 Å². The van der Waals surface area contributed by atoms with Crippen LogP contribution >= 0.6 is 0 Å². The van der Waals surface area contributed by atoms with Gasteiger partial charge in [-0.3, -0.25) is 0 Å². The summed E-state index contributed by atoms with van der Waals surface area (Å²) in [6, 6.07) is 1.65. The van der Waals surface area contributed by atoms with Gasteiger partial charge in [0.1, 0.15) is 0 Å². The minimum Gasteiger partial charge on any atom is -0.198 e. The first-order chi connectivity index (χ1) is 4.40. The zero-order valence-corrected chi connectivity index (χ0v) is 5.37. The van der Waals surface area contributed by atoms with E-state index in [0.29, 0.717) is 0 Å². The van der Waals surface area contributed by atoms with E-state index in [1.165, 1.54) is 6.92 Å². The van der Waals surface area contributed by atoms with Gasteiger partial charge in [0.15, 0.2) is 0 Å². The summed E-state index contributed by atoms with van der Waals surface area (Å²) in [6.07, 6.45) is -4.21. The van der Waals surface area contributed by atoms with Crippen molar-refractivity contribution in [3.63, 3.8) is 0 Å². The fourth-order valence-electron chi connectivity index (χ4n) is 0.966. The molecule has 0 saturated heterocycles. The highest BCUT2D eigenvalue weighted by molar-refractivity contribution is 5.15. The second kappa shape index (κ2) is 1.66. The van der Waals surface area contributed by atoms with Crippen molar-refractivity contribution in [1.29, 1.82) is 5.26 Å². The molecule has 0 unspecified atom stereocenters. The molecule has 2 atom stereocenters. The summed E-state index contributed by atoms with van der Waals surface area (Å²) in [5, 5.41) is 8.25. The van der Waals surface area contributed by atoms with E-state index >= 15 is 0 Å². The number of hydrogen-bond donors (Lipinski definition) is 0. The number of halogens is 3. The van der Waals surface area contributed by atoms with Crippen LogP contribution in [-0.2, 0) is 0 Å². The van der Waals surface area contributed by atoms with Gasteiger partial charge >= 0.3 is 6.18 Å². The van der Waals surface area contributed by atoms with Crippen molar-refractivity contribution in [1.82, 2.24) is 0 Å². The van der Waals surface area contributed by atoms with E-state index in [-0.39, 0.29) is 6.42 Å². The highest BCUT2D eigenvalue weighted by Gasteiger charge is 2.64. The monoisotopic (exact) mass is 149 g/mol. The zero-order chi connectivity index (χ0) is 7.99. The highest BCUT2D eigenvalue weighted by atomic mass is 19.4. The summed E-state index contributed by atoms with van der Waals surface area (Å²) >= 11 is 0. The molecule has 0 amide bonds. The van der Waals surface area contributed by atoms with Crippen LogP contribution in [0.3, 0.4) is 0 Å². The molecule has 0 aromatic heterocycles. The van der Waals surface area contributed by atoms with E-state index in [1.807, 2.05) is 0 Å². The van der Waals surface area contributed by atoms with Crippen molar-refractivity contribution < 1.29 is 13.2 Å². The van der Waals surface area contributed by atoms with Crippen LogP contribution < -0.4 is 0 Å². The van der Waals surface area contributed by atoms with Gasteiger partial charge in [0.05, 0.1) is 17.4 Å². The smallest absolute Gasteiger partial charge is 0.198 e. The van der Waals surface area contributed by atoms with Crippen molar-refractivity contribution in [3.8, 4) is 6.07 Å². The molecule has 0 aliphatic heterocycles. The lowest BCUT2D eigenvalue weighted by atomic mass is 10.1. The maximum Gasteiger partial charge on any atom is 0.393 e. The molecule has 1 aliphatic rings. The molecule has 1 fully saturated rings. The summed E-state index contributed by atoms with van der Waals surface area (Å²) in [5.74, 6) is -1.38. The molecule has 1 rings (SSSR count). The molecule has 0 heterocycles. The first kappa shape index (κ1) is 7.39. The first-order valence-electron chi connectivity index (χ1n) is 2.88. The van der Waals surface area contributed by atoms with Crippen LogP contribution in [0.2, 0.25) is 0 Å². The Kier molecular flexibility index (Phi) is 1.22. The van der Waals surface area contributed by atoms with Gasteiger partial charge in [0.2, 0.25) is 0 Å². The van der Waals surface area contributed by atoms with Crippen LogP contribution in [0.25, 0.3) is 0 Å². The molecule has 0 radical (unpaired) electrons. The summed E-state index contributed by atoms with van der Waals surface area (Å²) < 4.78 is 35.3. The maximum atomic E-state index is 11.8. The maximum absolute atomic E-state index is 11.8. The van der Waals surface area contributed by atoms with Gasteiger partial charge in [-0.05, 0) is 13.3 Å². The molecule has 0 spiro atoms. The topological polar surface area (TPSA) is 23.8 Å². The molecular weight excluding hydrogens is 143 g/mol. The Morgan fingerprint density at radius 2 is 2.10 bits per heavy atom.